The number of hydrogen-bond donors (Lipinski definition) is 0. The van der Waals surface area contributed by atoms with Gasteiger partial charge in [-0.1, -0.05) is 11.3 Å². The molecule has 0 N–H and O–H groups in total. The maximum atomic E-state index is 13.7. The third-order valence-corrected chi connectivity index (χ3v) is 2.58. The van der Waals surface area contributed by atoms with E-state index < -0.39 is 12.2 Å². The molecule has 2 aromatic rings. The Hall–Kier alpha value is -1.85. The van der Waals surface area contributed by atoms with Crippen molar-refractivity contribution < 1.29 is 13.2 Å². The minimum Gasteiger partial charge on any atom is -0.215 e. The van der Waals surface area contributed by atoms with Gasteiger partial charge in [-0.15, -0.1) is 5.10 Å². The number of halogens is 3. The molecule has 3 nitrogen and oxygen atoms in total. The molecule has 2 rings (SSSR count). The number of aromatic nitrogens is 3. The first-order valence-corrected chi connectivity index (χ1v) is 4.97. The van der Waals surface area contributed by atoms with E-state index in [1.807, 2.05) is 0 Å². The van der Waals surface area contributed by atoms with Crippen LogP contribution in [0.4, 0.5) is 13.2 Å². The molecule has 0 spiro atoms. The maximum Gasteiger partial charge on any atom is 0.263 e. The summed E-state index contributed by atoms with van der Waals surface area (Å²) < 4.78 is 39.7. The van der Waals surface area contributed by atoms with Crippen LogP contribution >= 0.6 is 0 Å². The Morgan fingerprint density at radius 3 is 2.41 bits per heavy atom. The minimum atomic E-state index is -2.68. The van der Waals surface area contributed by atoms with E-state index in [4.69, 9.17) is 0 Å². The lowest BCUT2D eigenvalue weighted by Gasteiger charge is -2.06. The number of hydrogen-bond acceptors (Lipinski definition) is 2. The third-order valence-electron chi connectivity index (χ3n) is 2.58. The van der Waals surface area contributed by atoms with Gasteiger partial charge in [0.15, 0.2) is 0 Å². The van der Waals surface area contributed by atoms with Gasteiger partial charge in [0.25, 0.3) is 6.43 Å². The predicted molar refractivity (Wildman–Crippen MR) is 55.7 cm³/mol. The van der Waals surface area contributed by atoms with E-state index in [0.29, 0.717) is 11.4 Å². The molecular weight excluding hydrogens is 231 g/mol. The number of alkyl halides is 2. The van der Waals surface area contributed by atoms with Crippen molar-refractivity contribution in [2.45, 2.75) is 20.3 Å². The van der Waals surface area contributed by atoms with Crippen LogP contribution in [0, 0.1) is 19.7 Å². The largest absolute Gasteiger partial charge is 0.263 e. The lowest BCUT2D eigenvalue weighted by Crippen LogP contribution is -2.03. The fourth-order valence-electron chi connectivity index (χ4n) is 1.46. The molecule has 1 heterocycles. The summed E-state index contributed by atoms with van der Waals surface area (Å²) in [4.78, 5) is 0. The van der Waals surface area contributed by atoms with Gasteiger partial charge >= 0.3 is 0 Å². The topological polar surface area (TPSA) is 30.7 Å². The van der Waals surface area contributed by atoms with Crippen LogP contribution in [-0.4, -0.2) is 15.0 Å². The van der Waals surface area contributed by atoms with Gasteiger partial charge in [-0.05, 0) is 26.0 Å². The Morgan fingerprint density at radius 2 is 1.94 bits per heavy atom. The zero-order valence-electron chi connectivity index (χ0n) is 9.28. The Morgan fingerprint density at radius 1 is 1.24 bits per heavy atom. The molecule has 0 unspecified atom stereocenters. The van der Waals surface area contributed by atoms with Crippen molar-refractivity contribution in [2.24, 2.45) is 0 Å². The van der Waals surface area contributed by atoms with Crippen LogP contribution < -0.4 is 0 Å². The number of aryl methyl sites for hydroxylation is 1. The molecule has 0 atom stereocenters. The van der Waals surface area contributed by atoms with Crippen LogP contribution in [0.3, 0.4) is 0 Å². The van der Waals surface area contributed by atoms with E-state index in [-0.39, 0.29) is 11.3 Å². The van der Waals surface area contributed by atoms with Gasteiger partial charge in [-0.2, -0.15) is 0 Å². The SMILES string of the molecule is Cc1nnn(-c2ccc(C(F)F)cc2F)c1C. The van der Waals surface area contributed by atoms with Crippen molar-refractivity contribution in [1.82, 2.24) is 15.0 Å². The molecule has 1 aromatic heterocycles. The highest BCUT2D eigenvalue weighted by Crippen LogP contribution is 2.23. The van der Waals surface area contributed by atoms with Gasteiger partial charge in [0, 0.05) is 5.56 Å². The monoisotopic (exact) mass is 241 g/mol. The summed E-state index contributed by atoms with van der Waals surface area (Å²) in [6.07, 6.45) is -2.68. The number of benzene rings is 1. The molecule has 0 bridgehead atoms. The molecule has 0 radical (unpaired) electrons. The van der Waals surface area contributed by atoms with Gasteiger partial charge in [-0.3, -0.25) is 0 Å². The van der Waals surface area contributed by atoms with Crippen LogP contribution in [0.5, 0.6) is 0 Å². The average molecular weight is 241 g/mol. The second-order valence-electron chi connectivity index (χ2n) is 3.68. The van der Waals surface area contributed by atoms with E-state index in [2.05, 4.69) is 10.3 Å². The summed E-state index contributed by atoms with van der Waals surface area (Å²) in [6, 6.07) is 3.27. The second-order valence-corrected chi connectivity index (χ2v) is 3.68. The first kappa shape index (κ1) is 11.6. The zero-order chi connectivity index (χ0) is 12.6. The average Bonchev–Trinajstić information content (AvgIpc) is 2.60. The molecule has 6 heteroatoms. The van der Waals surface area contributed by atoms with Gasteiger partial charge < -0.3 is 0 Å². The summed E-state index contributed by atoms with van der Waals surface area (Å²) >= 11 is 0. The van der Waals surface area contributed by atoms with Crippen molar-refractivity contribution >= 4 is 0 Å². The number of rotatable bonds is 2. The summed E-state index contributed by atoms with van der Waals surface area (Å²) in [7, 11) is 0. The van der Waals surface area contributed by atoms with Crippen molar-refractivity contribution in [3.05, 3.63) is 41.0 Å². The lowest BCUT2D eigenvalue weighted by molar-refractivity contribution is 0.151. The van der Waals surface area contributed by atoms with Crippen molar-refractivity contribution in [2.75, 3.05) is 0 Å². The lowest BCUT2D eigenvalue weighted by atomic mass is 10.2. The highest BCUT2D eigenvalue weighted by atomic mass is 19.3. The second kappa shape index (κ2) is 4.20. The van der Waals surface area contributed by atoms with Gasteiger partial charge in [0.2, 0.25) is 0 Å². The third kappa shape index (κ3) is 2.02. The Kier molecular flexibility index (Phi) is 2.87. The van der Waals surface area contributed by atoms with Crippen LogP contribution in [0.25, 0.3) is 5.69 Å². The van der Waals surface area contributed by atoms with Crippen molar-refractivity contribution in [1.29, 1.82) is 0 Å². The highest BCUT2D eigenvalue weighted by molar-refractivity contribution is 5.37. The molecule has 17 heavy (non-hydrogen) atoms. The fourth-order valence-corrected chi connectivity index (χ4v) is 1.46. The fraction of sp³-hybridized carbons (Fsp3) is 0.273. The summed E-state index contributed by atoms with van der Waals surface area (Å²) in [6.45, 7) is 3.47. The first-order chi connectivity index (χ1) is 8.00. The number of nitrogens with zero attached hydrogens (tertiary/aromatic N) is 3. The molecule has 0 saturated carbocycles. The van der Waals surface area contributed by atoms with Crippen molar-refractivity contribution in [3.63, 3.8) is 0 Å². The molecule has 0 amide bonds. The summed E-state index contributed by atoms with van der Waals surface area (Å²) in [5.41, 5.74) is 1.12. The van der Waals surface area contributed by atoms with Crippen LogP contribution in [0.2, 0.25) is 0 Å². The molecule has 0 fully saturated rings. The smallest absolute Gasteiger partial charge is 0.215 e. The van der Waals surface area contributed by atoms with E-state index >= 15 is 0 Å². The zero-order valence-corrected chi connectivity index (χ0v) is 9.28. The minimum absolute atomic E-state index is 0.118. The van der Waals surface area contributed by atoms with Crippen LogP contribution in [0.15, 0.2) is 18.2 Å². The van der Waals surface area contributed by atoms with Gasteiger partial charge in [0.05, 0.1) is 11.4 Å². The van der Waals surface area contributed by atoms with Crippen LogP contribution in [-0.2, 0) is 0 Å². The molecule has 0 saturated heterocycles. The van der Waals surface area contributed by atoms with E-state index in [1.165, 1.54) is 16.8 Å². The molecule has 90 valence electrons. The molecular formula is C11H10F3N3. The Balaban J connectivity index is 2.50. The quantitative estimate of drug-likeness (QED) is 0.809. The van der Waals surface area contributed by atoms with Crippen molar-refractivity contribution in [3.8, 4) is 5.69 Å². The summed E-state index contributed by atoms with van der Waals surface area (Å²) in [5, 5.41) is 7.55. The molecule has 0 aliphatic heterocycles. The van der Waals surface area contributed by atoms with E-state index in [0.717, 1.165) is 6.07 Å². The normalized spacial score (nSPS) is 11.2. The highest BCUT2D eigenvalue weighted by Gasteiger charge is 2.14. The Labute approximate surface area is 95.9 Å². The van der Waals surface area contributed by atoms with Gasteiger partial charge in [0.1, 0.15) is 11.5 Å². The molecule has 0 aliphatic rings. The Bertz CT molecular complexity index is 549. The molecule has 1 aromatic carbocycles. The van der Waals surface area contributed by atoms with Gasteiger partial charge in [-0.25, -0.2) is 17.9 Å². The summed E-state index contributed by atoms with van der Waals surface area (Å²) in [5.74, 6) is -0.740. The predicted octanol–water partition coefficient (Wildman–Crippen LogP) is 2.96. The molecule has 0 aliphatic carbocycles. The maximum absolute atomic E-state index is 13.7. The van der Waals surface area contributed by atoms with E-state index in [1.54, 1.807) is 13.8 Å². The standard InChI is InChI=1S/C11H10F3N3/c1-6-7(2)17(16-15-6)10-4-3-8(11(13)14)5-9(10)12/h3-5,11H,1-2H3. The van der Waals surface area contributed by atoms with E-state index in [9.17, 15) is 13.2 Å². The van der Waals surface area contributed by atoms with Crippen LogP contribution in [0.1, 0.15) is 23.4 Å². The first-order valence-electron chi connectivity index (χ1n) is 4.97.